The highest BCUT2D eigenvalue weighted by atomic mass is 35.5. The van der Waals surface area contributed by atoms with Gasteiger partial charge < -0.3 is 4.74 Å². The number of sulfonamides is 1. The van der Waals surface area contributed by atoms with Crippen molar-refractivity contribution in [1.29, 1.82) is 0 Å². The fourth-order valence-electron chi connectivity index (χ4n) is 3.51. The highest BCUT2D eigenvalue weighted by Crippen LogP contribution is 2.25. The second kappa shape index (κ2) is 8.64. The molecule has 2 aromatic carbocycles. The molecule has 0 radical (unpaired) electrons. The van der Waals surface area contributed by atoms with E-state index >= 15 is 0 Å². The minimum absolute atomic E-state index is 0.216. The molecule has 0 aliphatic carbocycles. The molecule has 0 saturated carbocycles. The van der Waals surface area contributed by atoms with Crippen molar-refractivity contribution in [2.24, 2.45) is 5.92 Å². The molecule has 28 heavy (non-hydrogen) atoms. The van der Waals surface area contributed by atoms with Crippen LogP contribution in [0.5, 0.6) is 0 Å². The first-order valence-corrected chi connectivity index (χ1v) is 11.1. The molecule has 2 aromatic rings. The van der Waals surface area contributed by atoms with Crippen LogP contribution >= 0.6 is 11.6 Å². The lowest BCUT2D eigenvalue weighted by Crippen LogP contribution is -2.40. The number of benzene rings is 2. The number of esters is 1. The molecule has 1 aliphatic rings. The Morgan fingerprint density at radius 1 is 1.07 bits per heavy atom. The van der Waals surface area contributed by atoms with E-state index in [0.717, 1.165) is 16.7 Å². The number of hydrogen-bond donors (Lipinski definition) is 0. The normalized spacial score (nSPS) is 16.1. The first kappa shape index (κ1) is 20.8. The Morgan fingerprint density at radius 3 is 2.21 bits per heavy atom. The zero-order chi connectivity index (χ0) is 20.3. The summed E-state index contributed by atoms with van der Waals surface area (Å²) in [4.78, 5) is 12.6. The summed E-state index contributed by atoms with van der Waals surface area (Å²) in [5.74, 6) is -0.537. The predicted octanol–water partition coefficient (Wildman–Crippen LogP) is 4.10. The molecular weight excluding hydrogens is 398 g/mol. The monoisotopic (exact) mass is 421 g/mol. The quantitative estimate of drug-likeness (QED) is 0.682. The van der Waals surface area contributed by atoms with Crippen LogP contribution < -0.4 is 0 Å². The molecule has 0 amide bonds. The van der Waals surface area contributed by atoms with Crippen LogP contribution in [0.4, 0.5) is 0 Å². The van der Waals surface area contributed by atoms with Crippen LogP contribution in [0, 0.1) is 19.8 Å². The molecule has 0 spiro atoms. The molecule has 0 unspecified atom stereocenters. The van der Waals surface area contributed by atoms with Gasteiger partial charge in [-0.2, -0.15) is 4.31 Å². The topological polar surface area (TPSA) is 63.7 Å². The minimum atomic E-state index is -3.57. The summed E-state index contributed by atoms with van der Waals surface area (Å²) in [6, 6.07) is 12.2. The first-order valence-electron chi connectivity index (χ1n) is 9.25. The number of ether oxygens (including phenoxy) is 1. The van der Waals surface area contributed by atoms with Gasteiger partial charge in [0.1, 0.15) is 6.61 Å². The lowest BCUT2D eigenvalue weighted by atomic mass is 9.98. The van der Waals surface area contributed by atoms with Crippen molar-refractivity contribution < 1.29 is 17.9 Å². The van der Waals surface area contributed by atoms with Gasteiger partial charge in [0.15, 0.2) is 0 Å². The van der Waals surface area contributed by atoms with Crippen LogP contribution in [0.15, 0.2) is 47.4 Å². The van der Waals surface area contributed by atoms with Gasteiger partial charge in [-0.1, -0.05) is 40.9 Å². The summed E-state index contributed by atoms with van der Waals surface area (Å²) in [6.45, 7) is 4.86. The van der Waals surface area contributed by atoms with Crippen LogP contribution in [0.3, 0.4) is 0 Å². The van der Waals surface area contributed by atoms with Crippen molar-refractivity contribution >= 4 is 27.6 Å². The lowest BCUT2D eigenvalue weighted by molar-refractivity contribution is -0.151. The van der Waals surface area contributed by atoms with Crippen LogP contribution in [-0.4, -0.2) is 31.8 Å². The highest BCUT2D eigenvalue weighted by Gasteiger charge is 2.32. The Hall–Kier alpha value is -1.89. The molecule has 1 aliphatic heterocycles. The minimum Gasteiger partial charge on any atom is -0.461 e. The number of hydrogen-bond acceptors (Lipinski definition) is 4. The molecule has 0 N–H and O–H groups in total. The molecule has 0 bridgehead atoms. The smallest absolute Gasteiger partial charge is 0.309 e. The molecule has 5 nitrogen and oxygen atoms in total. The molecule has 0 atom stereocenters. The zero-order valence-corrected chi connectivity index (χ0v) is 17.6. The van der Waals surface area contributed by atoms with Crippen molar-refractivity contribution in [3.05, 3.63) is 64.2 Å². The fraction of sp³-hybridized carbons (Fsp3) is 0.381. The largest absolute Gasteiger partial charge is 0.461 e. The van der Waals surface area contributed by atoms with Crippen molar-refractivity contribution in [3.8, 4) is 0 Å². The summed E-state index contributed by atoms with van der Waals surface area (Å²) >= 11 is 5.83. The Kier molecular flexibility index (Phi) is 6.43. The maximum Gasteiger partial charge on any atom is 0.309 e. The average Bonchev–Trinajstić information content (AvgIpc) is 2.66. The molecule has 7 heteroatoms. The maximum absolute atomic E-state index is 12.7. The van der Waals surface area contributed by atoms with Crippen molar-refractivity contribution in [3.63, 3.8) is 0 Å². The van der Waals surface area contributed by atoms with Gasteiger partial charge in [0.2, 0.25) is 10.0 Å². The third-order valence-electron chi connectivity index (χ3n) is 4.90. The number of carbonyl (C=O) groups excluding carboxylic acids is 1. The summed E-state index contributed by atoms with van der Waals surface area (Å²) in [5, 5.41) is 0.490. The van der Waals surface area contributed by atoms with Crippen molar-refractivity contribution in [1.82, 2.24) is 4.31 Å². The summed E-state index contributed by atoms with van der Waals surface area (Å²) in [6.07, 6.45) is 0.914. The van der Waals surface area contributed by atoms with Crippen LogP contribution in [0.1, 0.15) is 29.5 Å². The second-order valence-corrected chi connectivity index (χ2v) is 9.61. The predicted molar refractivity (Wildman–Crippen MR) is 109 cm³/mol. The Morgan fingerprint density at radius 2 is 1.64 bits per heavy atom. The van der Waals surface area contributed by atoms with Gasteiger partial charge in [0, 0.05) is 18.1 Å². The van der Waals surface area contributed by atoms with Gasteiger partial charge in [-0.3, -0.25) is 4.79 Å². The fourth-order valence-corrected chi connectivity index (χ4v) is 5.11. The number of halogens is 1. The van der Waals surface area contributed by atoms with Crippen molar-refractivity contribution in [2.45, 2.75) is 38.2 Å². The van der Waals surface area contributed by atoms with E-state index in [2.05, 4.69) is 6.07 Å². The Labute approximate surface area is 171 Å². The molecular formula is C21H24ClNO4S. The van der Waals surface area contributed by atoms with E-state index in [-0.39, 0.29) is 23.4 Å². The number of rotatable bonds is 5. The number of carbonyl (C=O) groups is 1. The van der Waals surface area contributed by atoms with Gasteiger partial charge in [-0.05, 0) is 56.5 Å². The van der Waals surface area contributed by atoms with E-state index in [1.807, 2.05) is 26.0 Å². The summed E-state index contributed by atoms with van der Waals surface area (Å²) in [7, 11) is -3.57. The number of aryl methyl sites for hydroxylation is 2. The van der Waals surface area contributed by atoms with E-state index in [9.17, 15) is 13.2 Å². The Bertz CT molecular complexity index is 929. The average molecular weight is 422 g/mol. The SMILES string of the molecule is Cc1cc(C)cc(COC(=O)C2CCN(S(=O)(=O)c3ccc(Cl)cc3)CC2)c1. The third kappa shape index (κ3) is 4.93. The van der Waals surface area contributed by atoms with Crippen LogP contribution in [-0.2, 0) is 26.2 Å². The maximum atomic E-state index is 12.7. The standard InChI is InChI=1S/C21H24ClNO4S/c1-15-11-16(2)13-17(12-15)14-27-21(24)18-7-9-23(10-8-18)28(25,26)20-5-3-19(22)4-6-20/h3-6,11-13,18H,7-10,14H2,1-2H3. The van der Waals surface area contributed by atoms with Gasteiger partial charge >= 0.3 is 5.97 Å². The number of nitrogens with zero attached hydrogens (tertiary/aromatic N) is 1. The third-order valence-corrected chi connectivity index (χ3v) is 7.07. The van der Waals surface area contributed by atoms with E-state index in [1.165, 1.54) is 16.4 Å². The Balaban J connectivity index is 1.55. The first-order chi connectivity index (χ1) is 13.3. The van der Waals surface area contributed by atoms with E-state index in [1.54, 1.807) is 12.1 Å². The van der Waals surface area contributed by atoms with Gasteiger partial charge in [0.25, 0.3) is 0 Å². The lowest BCUT2D eigenvalue weighted by Gasteiger charge is -2.30. The summed E-state index contributed by atoms with van der Waals surface area (Å²) in [5.41, 5.74) is 3.23. The van der Waals surface area contributed by atoms with Crippen molar-refractivity contribution in [2.75, 3.05) is 13.1 Å². The van der Waals surface area contributed by atoms with Crippen LogP contribution in [0.25, 0.3) is 0 Å². The molecule has 1 fully saturated rings. The van der Waals surface area contributed by atoms with Gasteiger partial charge in [-0.15, -0.1) is 0 Å². The number of piperidine rings is 1. The van der Waals surface area contributed by atoms with Gasteiger partial charge in [0.05, 0.1) is 10.8 Å². The highest BCUT2D eigenvalue weighted by molar-refractivity contribution is 7.89. The van der Waals surface area contributed by atoms with E-state index < -0.39 is 10.0 Å². The van der Waals surface area contributed by atoms with E-state index in [4.69, 9.17) is 16.3 Å². The van der Waals surface area contributed by atoms with Gasteiger partial charge in [-0.25, -0.2) is 8.42 Å². The molecule has 150 valence electrons. The molecule has 3 rings (SSSR count). The second-order valence-electron chi connectivity index (χ2n) is 7.24. The summed E-state index contributed by atoms with van der Waals surface area (Å²) < 4.78 is 32.3. The molecule has 1 heterocycles. The van der Waals surface area contributed by atoms with E-state index in [0.29, 0.717) is 31.0 Å². The van der Waals surface area contributed by atoms with Crippen LogP contribution in [0.2, 0.25) is 5.02 Å². The molecule has 0 aromatic heterocycles. The molecule has 1 saturated heterocycles. The zero-order valence-electron chi connectivity index (χ0n) is 16.0.